The molecule has 96 valence electrons. The molecule has 2 rings (SSSR count). The second-order valence-corrected chi connectivity index (χ2v) is 6.03. The van der Waals surface area contributed by atoms with Gasteiger partial charge >= 0.3 is 0 Å². The molecule has 0 atom stereocenters. The van der Waals surface area contributed by atoms with Crippen LogP contribution in [0, 0.1) is 16.7 Å². The summed E-state index contributed by atoms with van der Waals surface area (Å²) in [4.78, 5) is 15.4. The van der Waals surface area contributed by atoms with Crippen LogP contribution in [0.15, 0.2) is 17.5 Å². The molecule has 3 nitrogen and oxygen atoms in total. The molecule has 0 saturated heterocycles. The summed E-state index contributed by atoms with van der Waals surface area (Å²) in [6, 6.07) is 6.30. The van der Waals surface area contributed by atoms with Crippen LogP contribution < -0.4 is 0 Å². The summed E-state index contributed by atoms with van der Waals surface area (Å²) in [6.45, 7) is 0.611. The highest BCUT2D eigenvalue weighted by atomic mass is 32.1. The lowest BCUT2D eigenvalue weighted by Crippen LogP contribution is -2.42. The average molecular weight is 262 g/mol. The van der Waals surface area contributed by atoms with Gasteiger partial charge in [0.1, 0.15) is 5.41 Å². The molecule has 1 aliphatic rings. The SMILES string of the molecule is CN(Cc1cccs1)C(=O)C1(C#N)CCCCC1. The number of carbonyl (C=O) groups excluding carboxylic acids is 1. The van der Waals surface area contributed by atoms with E-state index >= 15 is 0 Å². The third-order valence-electron chi connectivity index (χ3n) is 3.65. The minimum Gasteiger partial charge on any atom is -0.339 e. The van der Waals surface area contributed by atoms with Crippen LogP contribution in [0.25, 0.3) is 0 Å². The summed E-state index contributed by atoms with van der Waals surface area (Å²) in [7, 11) is 1.80. The van der Waals surface area contributed by atoms with Gasteiger partial charge in [0.05, 0.1) is 12.6 Å². The first-order valence-corrected chi connectivity index (χ1v) is 7.25. The highest BCUT2D eigenvalue weighted by Crippen LogP contribution is 2.37. The van der Waals surface area contributed by atoms with E-state index in [1.165, 1.54) is 0 Å². The van der Waals surface area contributed by atoms with Gasteiger partial charge in [0.2, 0.25) is 5.91 Å². The van der Waals surface area contributed by atoms with E-state index in [0.717, 1.165) is 37.0 Å². The minimum atomic E-state index is -0.760. The molecule has 1 heterocycles. The molecule has 1 aromatic rings. The monoisotopic (exact) mass is 262 g/mol. The number of hydrogen-bond acceptors (Lipinski definition) is 3. The van der Waals surface area contributed by atoms with Gasteiger partial charge in [0.15, 0.2) is 0 Å². The van der Waals surface area contributed by atoms with Gasteiger partial charge in [-0.15, -0.1) is 11.3 Å². The molecular formula is C14H18N2OS. The van der Waals surface area contributed by atoms with Gasteiger partial charge in [0, 0.05) is 11.9 Å². The Morgan fingerprint density at radius 2 is 2.22 bits per heavy atom. The van der Waals surface area contributed by atoms with Gasteiger partial charge in [-0.1, -0.05) is 25.3 Å². The largest absolute Gasteiger partial charge is 0.339 e. The molecule has 4 heteroatoms. The van der Waals surface area contributed by atoms with E-state index < -0.39 is 5.41 Å². The Hall–Kier alpha value is -1.34. The van der Waals surface area contributed by atoms with Gasteiger partial charge in [-0.05, 0) is 24.3 Å². The van der Waals surface area contributed by atoms with Crippen molar-refractivity contribution >= 4 is 17.2 Å². The Morgan fingerprint density at radius 1 is 1.50 bits per heavy atom. The van der Waals surface area contributed by atoms with Crippen molar-refractivity contribution in [2.75, 3.05) is 7.05 Å². The lowest BCUT2D eigenvalue weighted by molar-refractivity contribution is -0.139. The van der Waals surface area contributed by atoms with Crippen LogP contribution >= 0.6 is 11.3 Å². The summed E-state index contributed by atoms with van der Waals surface area (Å²) in [6.07, 6.45) is 4.57. The van der Waals surface area contributed by atoms with Crippen LogP contribution in [0.2, 0.25) is 0 Å². The molecular weight excluding hydrogens is 244 g/mol. The number of hydrogen-bond donors (Lipinski definition) is 0. The molecule has 1 aliphatic carbocycles. The summed E-state index contributed by atoms with van der Waals surface area (Å²) < 4.78 is 0. The van der Waals surface area contributed by atoms with Crippen molar-refractivity contribution in [3.63, 3.8) is 0 Å². The Bertz CT molecular complexity index is 441. The second kappa shape index (κ2) is 5.53. The fourth-order valence-electron chi connectivity index (χ4n) is 2.60. The third-order valence-corrected chi connectivity index (χ3v) is 4.51. The van der Waals surface area contributed by atoms with E-state index in [1.54, 1.807) is 23.3 Å². The molecule has 0 unspecified atom stereocenters. The molecule has 0 radical (unpaired) electrons. The first-order chi connectivity index (χ1) is 8.68. The second-order valence-electron chi connectivity index (χ2n) is 5.00. The van der Waals surface area contributed by atoms with Crippen molar-refractivity contribution in [1.82, 2.24) is 4.90 Å². The zero-order valence-corrected chi connectivity index (χ0v) is 11.5. The molecule has 0 spiro atoms. The topological polar surface area (TPSA) is 44.1 Å². The third kappa shape index (κ3) is 2.56. The molecule has 0 aromatic carbocycles. The zero-order valence-electron chi connectivity index (χ0n) is 10.7. The summed E-state index contributed by atoms with van der Waals surface area (Å²) >= 11 is 1.65. The van der Waals surface area contributed by atoms with Crippen molar-refractivity contribution in [2.45, 2.75) is 38.6 Å². The van der Waals surface area contributed by atoms with E-state index in [1.807, 2.05) is 17.5 Å². The first kappa shape index (κ1) is 13.1. The standard InChI is InChI=1S/C14H18N2OS/c1-16(10-12-6-5-9-18-12)13(17)14(11-15)7-3-2-4-8-14/h5-6,9H,2-4,7-8,10H2,1H3. The highest BCUT2D eigenvalue weighted by molar-refractivity contribution is 7.09. The molecule has 1 saturated carbocycles. The molecule has 0 aliphatic heterocycles. The van der Waals surface area contributed by atoms with Gasteiger partial charge in [-0.25, -0.2) is 0 Å². The molecule has 0 bridgehead atoms. The zero-order chi connectivity index (χ0) is 13.0. The van der Waals surface area contributed by atoms with E-state index in [0.29, 0.717) is 6.54 Å². The average Bonchev–Trinajstić information content (AvgIpc) is 2.91. The summed E-state index contributed by atoms with van der Waals surface area (Å²) in [5, 5.41) is 11.4. The van der Waals surface area contributed by atoms with Crippen LogP contribution in [-0.4, -0.2) is 17.9 Å². The number of nitriles is 1. The van der Waals surface area contributed by atoms with Crippen molar-refractivity contribution in [3.8, 4) is 6.07 Å². The lowest BCUT2D eigenvalue weighted by Gasteiger charge is -2.32. The van der Waals surface area contributed by atoms with Crippen LogP contribution in [0.4, 0.5) is 0 Å². The predicted octanol–water partition coefficient (Wildman–Crippen LogP) is 3.18. The van der Waals surface area contributed by atoms with Crippen LogP contribution in [0.3, 0.4) is 0 Å². The molecule has 1 amide bonds. The predicted molar refractivity (Wildman–Crippen MR) is 71.9 cm³/mol. The van der Waals surface area contributed by atoms with Crippen molar-refractivity contribution < 1.29 is 4.79 Å². The van der Waals surface area contributed by atoms with Gasteiger partial charge < -0.3 is 4.90 Å². The quantitative estimate of drug-likeness (QED) is 0.839. The normalized spacial score (nSPS) is 18.0. The summed E-state index contributed by atoms with van der Waals surface area (Å²) in [5.41, 5.74) is -0.760. The number of thiophene rings is 1. The fourth-order valence-corrected chi connectivity index (χ4v) is 3.36. The maximum atomic E-state index is 12.5. The molecule has 18 heavy (non-hydrogen) atoms. The van der Waals surface area contributed by atoms with E-state index in [4.69, 9.17) is 0 Å². The Kier molecular flexibility index (Phi) is 4.03. The molecule has 1 aromatic heterocycles. The van der Waals surface area contributed by atoms with E-state index in [2.05, 4.69) is 6.07 Å². The maximum absolute atomic E-state index is 12.5. The van der Waals surface area contributed by atoms with E-state index in [9.17, 15) is 10.1 Å². The van der Waals surface area contributed by atoms with E-state index in [-0.39, 0.29) is 5.91 Å². The number of carbonyl (C=O) groups is 1. The number of rotatable bonds is 3. The van der Waals surface area contributed by atoms with Gasteiger partial charge in [-0.3, -0.25) is 4.79 Å². The number of nitrogens with zero attached hydrogens (tertiary/aromatic N) is 2. The maximum Gasteiger partial charge on any atom is 0.243 e. The van der Waals surface area contributed by atoms with Gasteiger partial charge in [-0.2, -0.15) is 5.26 Å². The Labute approximate surface area is 112 Å². The van der Waals surface area contributed by atoms with Gasteiger partial charge in [0.25, 0.3) is 0 Å². The van der Waals surface area contributed by atoms with Crippen LogP contribution in [0.5, 0.6) is 0 Å². The molecule has 1 fully saturated rings. The highest BCUT2D eigenvalue weighted by Gasteiger charge is 2.41. The van der Waals surface area contributed by atoms with Crippen molar-refractivity contribution in [3.05, 3.63) is 22.4 Å². The van der Waals surface area contributed by atoms with Crippen LogP contribution in [-0.2, 0) is 11.3 Å². The smallest absolute Gasteiger partial charge is 0.243 e. The Balaban J connectivity index is 2.07. The van der Waals surface area contributed by atoms with Crippen LogP contribution in [0.1, 0.15) is 37.0 Å². The first-order valence-electron chi connectivity index (χ1n) is 6.37. The molecule has 0 N–H and O–H groups in total. The van der Waals surface area contributed by atoms with Crippen molar-refractivity contribution in [2.24, 2.45) is 5.41 Å². The lowest BCUT2D eigenvalue weighted by atomic mass is 9.74. The fraction of sp³-hybridized carbons (Fsp3) is 0.571. The Morgan fingerprint density at radius 3 is 2.78 bits per heavy atom. The minimum absolute atomic E-state index is 0.00176. The number of amides is 1. The van der Waals surface area contributed by atoms with Crippen molar-refractivity contribution in [1.29, 1.82) is 5.26 Å². The summed E-state index contributed by atoms with van der Waals surface area (Å²) in [5.74, 6) is -0.00176.